The van der Waals surface area contributed by atoms with Crippen LogP contribution in [0.2, 0.25) is 0 Å². The number of ether oxygens (including phenoxy) is 1. The van der Waals surface area contributed by atoms with E-state index in [9.17, 15) is 13.2 Å². The third-order valence-electron chi connectivity index (χ3n) is 5.34. The predicted octanol–water partition coefficient (Wildman–Crippen LogP) is 3.32. The van der Waals surface area contributed by atoms with E-state index >= 15 is 0 Å². The number of rotatable bonds is 6. The molecule has 4 rings (SSSR count). The summed E-state index contributed by atoms with van der Waals surface area (Å²) >= 11 is 1.40. The third kappa shape index (κ3) is 4.70. The zero-order valence-corrected chi connectivity index (χ0v) is 18.4. The Kier molecular flexibility index (Phi) is 6.15. The zero-order chi connectivity index (χ0) is 21.1. The Morgan fingerprint density at radius 1 is 1.13 bits per heavy atom. The number of amidine groups is 1. The first-order chi connectivity index (χ1) is 14.4. The highest BCUT2D eigenvalue weighted by atomic mass is 32.2. The Labute approximate surface area is 181 Å². The molecule has 1 amide bonds. The Morgan fingerprint density at radius 2 is 1.87 bits per heavy atom. The van der Waals surface area contributed by atoms with Gasteiger partial charge in [0.1, 0.15) is 5.75 Å². The van der Waals surface area contributed by atoms with Crippen molar-refractivity contribution in [1.29, 1.82) is 0 Å². The molecule has 0 unspecified atom stereocenters. The van der Waals surface area contributed by atoms with Crippen molar-refractivity contribution in [2.24, 2.45) is 4.99 Å². The summed E-state index contributed by atoms with van der Waals surface area (Å²) in [6, 6.07) is 17.3. The molecule has 0 aromatic heterocycles. The van der Waals surface area contributed by atoms with Gasteiger partial charge in [-0.25, -0.2) is 8.42 Å². The molecule has 2 aliphatic rings. The number of aryl methyl sites for hydroxylation is 1. The number of fused-ring (bicyclic) bond motifs is 1. The van der Waals surface area contributed by atoms with Crippen LogP contribution in [0.3, 0.4) is 0 Å². The number of carbonyl (C=O) groups excluding carboxylic acids is 1. The monoisotopic (exact) mass is 444 g/mol. The van der Waals surface area contributed by atoms with E-state index < -0.39 is 9.84 Å². The predicted molar refractivity (Wildman–Crippen MR) is 121 cm³/mol. The van der Waals surface area contributed by atoms with E-state index in [-0.39, 0.29) is 28.7 Å². The number of amides is 1. The van der Waals surface area contributed by atoms with Crippen molar-refractivity contribution in [3.63, 3.8) is 0 Å². The van der Waals surface area contributed by atoms with E-state index in [2.05, 4.69) is 17.1 Å². The second-order valence-electron chi connectivity index (χ2n) is 7.50. The fraction of sp³-hybridized carbons (Fsp3) is 0.364. The molecule has 6 nitrogen and oxygen atoms in total. The number of benzene rings is 2. The molecular formula is C22H24N2O4S2. The summed E-state index contributed by atoms with van der Waals surface area (Å²) in [5.74, 6) is 0.750. The number of sulfone groups is 1. The number of methoxy groups -OCH3 is 1. The van der Waals surface area contributed by atoms with E-state index in [0.29, 0.717) is 11.6 Å². The second kappa shape index (κ2) is 8.81. The molecular weight excluding hydrogens is 420 g/mol. The molecule has 0 spiro atoms. The topological polar surface area (TPSA) is 76.0 Å². The van der Waals surface area contributed by atoms with E-state index in [4.69, 9.17) is 4.74 Å². The van der Waals surface area contributed by atoms with Gasteiger partial charge in [-0.1, -0.05) is 42.1 Å². The lowest BCUT2D eigenvalue weighted by Crippen LogP contribution is -2.37. The van der Waals surface area contributed by atoms with Crippen LogP contribution in [0.5, 0.6) is 5.75 Å². The van der Waals surface area contributed by atoms with Gasteiger partial charge in [0.25, 0.3) is 0 Å². The van der Waals surface area contributed by atoms with Crippen molar-refractivity contribution in [2.75, 3.05) is 23.5 Å². The maximum absolute atomic E-state index is 12.5. The fourth-order valence-electron chi connectivity index (χ4n) is 3.86. The molecule has 8 heteroatoms. The van der Waals surface area contributed by atoms with Crippen LogP contribution < -0.4 is 9.64 Å². The van der Waals surface area contributed by atoms with Crippen LogP contribution in [0.15, 0.2) is 59.6 Å². The fourth-order valence-corrected chi connectivity index (χ4v) is 7.79. The summed E-state index contributed by atoms with van der Waals surface area (Å²) in [4.78, 5) is 18.8. The molecule has 0 aliphatic carbocycles. The van der Waals surface area contributed by atoms with Crippen molar-refractivity contribution in [3.05, 3.63) is 60.2 Å². The summed E-state index contributed by atoms with van der Waals surface area (Å²) in [7, 11) is -1.48. The molecule has 158 valence electrons. The summed E-state index contributed by atoms with van der Waals surface area (Å²) in [6.45, 7) is 0. The van der Waals surface area contributed by atoms with Gasteiger partial charge in [-0.15, -0.1) is 0 Å². The van der Waals surface area contributed by atoms with Gasteiger partial charge in [0.05, 0.1) is 24.7 Å². The standard InChI is InChI=1S/C22H24N2O4S2/c1-28-18-12-10-17(11-13-18)24-19-14-30(26,27)15-20(19)29-22(24)23-21(25)9-5-8-16-6-3-2-4-7-16/h2-4,6-7,10-13,19-20H,5,8-9,14-15H2,1H3/t19-,20-/m1/s1. The van der Waals surface area contributed by atoms with Crippen LogP contribution in [-0.4, -0.2) is 49.4 Å². The Morgan fingerprint density at radius 3 is 2.57 bits per heavy atom. The minimum Gasteiger partial charge on any atom is -0.497 e. The molecule has 2 saturated heterocycles. The first-order valence-corrected chi connectivity index (χ1v) is 12.6. The summed E-state index contributed by atoms with van der Waals surface area (Å²) in [5, 5.41) is 0.489. The molecule has 2 heterocycles. The lowest BCUT2D eigenvalue weighted by atomic mass is 10.1. The van der Waals surface area contributed by atoms with Gasteiger partial charge in [0.2, 0.25) is 5.91 Å². The van der Waals surface area contributed by atoms with Crippen molar-refractivity contribution in [2.45, 2.75) is 30.6 Å². The highest BCUT2D eigenvalue weighted by Crippen LogP contribution is 2.41. The average molecular weight is 445 g/mol. The van der Waals surface area contributed by atoms with Gasteiger partial charge >= 0.3 is 0 Å². The van der Waals surface area contributed by atoms with Crippen LogP contribution in [0.1, 0.15) is 18.4 Å². The average Bonchev–Trinajstić information content (AvgIpc) is 3.19. The quantitative estimate of drug-likeness (QED) is 0.680. The van der Waals surface area contributed by atoms with Gasteiger partial charge in [-0.05, 0) is 42.7 Å². The van der Waals surface area contributed by atoms with Crippen molar-refractivity contribution in [3.8, 4) is 5.75 Å². The molecule has 0 saturated carbocycles. The molecule has 0 bridgehead atoms. The number of carbonyl (C=O) groups is 1. The van der Waals surface area contributed by atoms with Gasteiger partial charge in [-0.2, -0.15) is 4.99 Å². The third-order valence-corrected chi connectivity index (χ3v) is 8.55. The van der Waals surface area contributed by atoms with Gasteiger partial charge in [0.15, 0.2) is 15.0 Å². The number of thioether (sulfide) groups is 1. The number of nitrogens with zero attached hydrogens (tertiary/aromatic N) is 2. The maximum atomic E-state index is 12.5. The zero-order valence-electron chi connectivity index (χ0n) is 16.7. The number of hydrogen-bond donors (Lipinski definition) is 0. The molecule has 30 heavy (non-hydrogen) atoms. The van der Waals surface area contributed by atoms with Gasteiger partial charge in [0, 0.05) is 17.4 Å². The molecule has 0 N–H and O–H groups in total. The van der Waals surface area contributed by atoms with Crippen molar-refractivity contribution < 1.29 is 17.9 Å². The van der Waals surface area contributed by atoms with E-state index in [0.717, 1.165) is 24.3 Å². The molecule has 2 atom stereocenters. The largest absolute Gasteiger partial charge is 0.497 e. The first-order valence-electron chi connectivity index (χ1n) is 9.91. The number of hydrogen-bond acceptors (Lipinski definition) is 5. The Bertz CT molecular complexity index is 1040. The minimum absolute atomic E-state index is 0.0813. The lowest BCUT2D eigenvalue weighted by Gasteiger charge is -2.24. The lowest BCUT2D eigenvalue weighted by molar-refractivity contribution is -0.117. The van der Waals surface area contributed by atoms with Crippen LogP contribution >= 0.6 is 11.8 Å². The summed E-state index contributed by atoms with van der Waals surface area (Å²) < 4.78 is 29.5. The highest BCUT2D eigenvalue weighted by molar-refractivity contribution is 8.16. The summed E-state index contributed by atoms with van der Waals surface area (Å²) in [6.07, 6.45) is 1.92. The molecule has 2 aromatic carbocycles. The van der Waals surface area contributed by atoms with E-state index in [1.165, 1.54) is 17.3 Å². The van der Waals surface area contributed by atoms with Crippen LogP contribution in [0.4, 0.5) is 5.69 Å². The first kappa shape index (κ1) is 20.9. The highest BCUT2D eigenvalue weighted by Gasteiger charge is 2.49. The van der Waals surface area contributed by atoms with E-state index in [1.807, 2.05) is 47.4 Å². The van der Waals surface area contributed by atoms with E-state index in [1.54, 1.807) is 7.11 Å². The smallest absolute Gasteiger partial charge is 0.248 e. The van der Waals surface area contributed by atoms with Crippen LogP contribution in [0.25, 0.3) is 0 Å². The number of anilines is 1. The maximum Gasteiger partial charge on any atom is 0.248 e. The molecule has 2 aliphatic heterocycles. The van der Waals surface area contributed by atoms with Crippen LogP contribution in [-0.2, 0) is 21.1 Å². The molecule has 2 fully saturated rings. The van der Waals surface area contributed by atoms with Crippen molar-refractivity contribution >= 4 is 38.4 Å². The number of aliphatic imine (C=N–C) groups is 1. The second-order valence-corrected chi connectivity index (χ2v) is 10.9. The Hall–Kier alpha value is -2.32. The van der Waals surface area contributed by atoms with Gasteiger partial charge in [-0.3, -0.25) is 4.79 Å². The Balaban J connectivity index is 1.50. The van der Waals surface area contributed by atoms with Gasteiger partial charge < -0.3 is 9.64 Å². The van der Waals surface area contributed by atoms with Crippen molar-refractivity contribution in [1.82, 2.24) is 0 Å². The minimum atomic E-state index is -3.08. The van der Waals surface area contributed by atoms with Crippen LogP contribution in [0, 0.1) is 0 Å². The summed E-state index contributed by atoms with van der Waals surface area (Å²) in [5.41, 5.74) is 2.02. The molecule has 0 radical (unpaired) electrons. The SMILES string of the molecule is COc1ccc(N2C(=NC(=O)CCCc3ccccc3)S[C@@H]3CS(=O)(=O)C[C@H]32)cc1. The molecule has 2 aromatic rings. The normalized spacial score (nSPS) is 23.5.